The van der Waals surface area contributed by atoms with Crippen molar-refractivity contribution in [3.8, 4) is 0 Å². The summed E-state index contributed by atoms with van der Waals surface area (Å²) in [4.78, 5) is 2.67. The van der Waals surface area contributed by atoms with Gasteiger partial charge in [-0.2, -0.15) is 0 Å². The Morgan fingerprint density at radius 2 is 2.38 bits per heavy atom. The first-order valence-electron chi connectivity index (χ1n) is 5.64. The second-order valence-corrected chi connectivity index (χ2v) is 5.20. The summed E-state index contributed by atoms with van der Waals surface area (Å²) in [5.74, 6) is 0. The van der Waals surface area contributed by atoms with E-state index in [-0.39, 0.29) is 0 Å². The smallest absolute Gasteiger partial charge is 0.00676 e. The van der Waals surface area contributed by atoms with Crippen LogP contribution in [0, 0.1) is 5.41 Å². The van der Waals surface area contributed by atoms with Crippen LogP contribution >= 0.6 is 0 Å². The molecule has 2 unspecified atom stereocenters. The van der Waals surface area contributed by atoms with Crippen molar-refractivity contribution >= 4 is 0 Å². The van der Waals surface area contributed by atoms with E-state index in [0.29, 0.717) is 5.41 Å². The van der Waals surface area contributed by atoms with Crippen molar-refractivity contribution < 1.29 is 0 Å². The maximum Gasteiger partial charge on any atom is 0.00676 e. The molecule has 0 aromatic heterocycles. The Bertz CT molecular complexity index is 173. The van der Waals surface area contributed by atoms with Crippen molar-refractivity contribution in [2.45, 2.75) is 39.2 Å². The minimum absolute atomic E-state index is 0.554. The summed E-state index contributed by atoms with van der Waals surface area (Å²) in [6.45, 7) is 9.88. The highest BCUT2D eigenvalue weighted by atomic mass is 15.2. The summed E-state index contributed by atoms with van der Waals surface area (Å²) in [6, 6.07) is 0.831. The zero-order valence-electron chi connectivity index (χ0n) is 8.97. The molecule has 13 heavy (non-hydrogen) atoms. The van der Waals surface area contributed by atoms with Gasteiger partial charge in [0.15, 0.2) is 0 Å². The monoisotopic (exact) mass is 182 g/mol. The van der Waals surface area contributed by atoms with Gasteiger partial charge in [-0.25, -0.2) is 0 Å². The Labute approximate surface area is 81.7 Å². The summed E-state index contributed by atoms with van der Waals surface area (Å²) in [7, 11) is 0. The van der Waals surface area contributed by atoms with E-state index >= 15 is 0 Å². The third-order valence-corrected chi connectivity index (χ3v) is 3.73. The SMILES string of the molecule is CC1CCCN1CC1(C)CCNC1. The molecule has 0 bridgehead atoms. The van der Waals surface area contributed by atoms with Gasteiger partial charge in [0.2, 0.25) is 0 Å². The van der Waals surface area contributed by atoms with Crippen LogP contribution in [0.15, 0.2) is 0 Å². The van der Waals surface area contributed by atoms with Crippen molar-refractivity contribution in [2.75, 3.05) is 26.2 Å². The maximum atomic E-state index is 3.47. The van der Waals surface area contributed by atoms with E-state index in [4.69, 9.17) is 0 Å². The van der Waals surface area contributed by atoms with Gasteiger partial charge in [-0.15, -0.1) is 0 Å². The number of likely N-dealkylation sites (tertiary alicyclic amines) is 1. The lowest BCUT2D eigenvalue weighted by Gasteiger charge is -2.31. The molecule has 76 valence electrons. The molecule has 0 spiro atoms. The molecule has 2 aliphatic heterocycles. The van der Waals surface area contributed by atoms with Crippen LogP contribution in [0.1, 0.15) is 33.1 Å². The average Bonchev–Trinajstić information content (AvgIpc) is 2.64. The van der Waals surface area contributed by atoms with Gasteiger partial charge in [-0.3, -0.25) is 0 Å². The topological polar surface area (TPSA) is 15.3 Å². The van der Waals surface area contributed by atoms with Crippen LogP contribution in [0.4, 0.5) is 0 Å². The molecular formula is C11H22N2. The van der Waals surface area contributed by atoms with Crippen LogP contribution in [-0.4, -0.2) is 37.1 Å². The molecule has 2 fully saturated rings. The van der Waals surface area contributed by atoms with Gasteiger partial charge in [0, 0.05) is 19.1 Å². The van der Waals surface area contributed by atoms with Crippen molar-refractivity contribution in [2.24, 2.45) is 5.41 Å². The average molecular weight is 182 g/mol. The van der Waals surface area contributed by atoms with E-state index in [0.717, 1.165) is 6.04 Å². The van der Waals surface area contributed by atoms with Gasteiger partial charge in [-0.1, -0.05) is 6.92 Å². The minimum atomic E-state index is 0.554. The Morgan fingerprint density at radius 3 is 2.92 bits per heavy atom. The molecule has 1 N–H and O–H groups in total. The standard InChI is InChI=1S/C11H22N2/c1-10-4-3-7-13(10)9-11(2)5-6-12-8-11/h10,12H,3-9H2,1-2H3. The predicted molar refractivity (Wildman–Crippen MR) is 55.9 cm³/mol. The fourth-order valence-electron chi connectivity index (χ4n) is 2.72. The highest BCUT2D eigenvalue weighted by Gasteiger charge is 2.33. The zero-order chi connectivity index (χ0) is 9.31. The molecule has 2 saturated heterocycles. The maximum absolute atomic E-state index is 3.47. The highest BCUT2D eigenvalue weighted by molar-refractivity contribution is 4.89. The van der Waals surface area contributed by atoms with E-state index in [1.807, 2.05) is 0 Å². The third-order valence-electron chi connectivity index (χ3n) is 3.73. The molecule has 2 aliphatic rings. The number of nitrogens with zero attached hydrogens (tertiary/aromatic N) is 1. The second-order valence-electron chi connectivity index (χ2n) is 5.20. The summed E-state index contributed by atoms with van der Waals surface area (Å²) < 4.78 is 0. The van der Waals surface area contributed by atoms with Gasteiger partial charge in [-0.05, 0) is 44.7 Å². The van der Waals surface area contributed by atoms with Crippen LogP contribution in [-0.2, 0) is 0 Å². The first-order valence-corrected chi connectivity index (χ1v) is 5.64. The second kappa shape index (κ2) is 3.58. The Hall–Kier alpha value is -0.0800. The summed E-state index contributed by atoms with van der Waals surface area (Å²) in [6.07, 6.45) is 4.17. The van der Waals surface area contributed by atoms with Gasteiger partial charge in [0.05, 0.1) is 0 Å². The first-order chi connectivity index (χ1) is 6.20. The Kier molecular flexibility index (Phi) is 2.61. The summed E-state index contributed by atoms with van der Waals surface area (Å²) in [5.41, 5.74) is 0.554. The molecule has 0 aliphatic carbocycles. The van der Waals surface area contributed by atoms with Crippen LogP contribution in [0.2, 0.25) is 0 Å². The van der Waals surface area contributed by atoms with E-state index in [2.05, 4.69) is 24.1 Å². The van der Waals surface area contributed by atoms with Crippen molar-refractivity contribution in [1.82, 2.24) is 10.2 Å². The predicted octanol–water partition coefficient (Wildman–Crippen LogP) is 1.47. The Morgan fingerprint density at radius 1 is 1.54 bits per heavy atom. The molecule has 0 amide bonds. The lowest BCUT2D eigenvalue weighted by molar-refractivity contribution is 0.172. The van der Waals surface area contributed by atoms with Crippen LogP contribution < -0.4 is 5.32 Å². The van der Waals surface area contributed by atoms with Crippen molar-refractivity contribution in [3.63, 3.8) is 0 Å². The molecule has 0 aromatic rings. The van der Waals surface area contributed by atoms with Crippen molar-refractivity contribution in [1.29, 1.82) is 0 Å². The van der Waals surface area contributed by atoms with Crippen molar-refractivity contribution in [3.05, 3.63) is 0 Å². The molecule has 2 rings (SSSR count). The largest absolute Gasteiger partial charge is 0.316 e. The third kappa shape index (κ3) is 2.05. The molecule has 2 heteroatoms. The fourth-order valence-corrected chi connectivity index (χ4v) is 2.72. The highest BCUT2D eigenvalue weighted by Crippen LogP contribution is 2.29. The zero-order valence-corrected chi connectivity index (χ0v) is 8.97. The normalized spacial score (nSPS) is 41.5. The molecule has 0 aromatic carbocycles. The fraction of sp³-hybridized carbons (Fsp3) is 1.00. The van der Waals surface area contributed by atoms with E-state index in [1.54, 1.807) is 0 Å². The van der Waals surface area contributed by atoms with Gasteiger partial charge in [0.25, 0.3) is 0 Å². The minimum Gasteiger partial charge on any atom is -0.316 e. The molecular weight excluding hydrogens is 160 g/mol. The van der Waals surface area contributed by atoms with Crippen LogP contribution in [0.3, 0.4) is 0 Å². The molecule has 0 saturated carbocycles. The quantitative estimate of drug-likeness (QED) is 0.695. The number of hydrogen-bond acceptors (Lipinski definition) is 2. The first kappa shape index (κ1) is 9.47. The molecule has 0 radical (unpaired) electrons. The van der Waals surface area contributed by atoms with Gasteiger partial charge in [0.1, 0.15) is 0 Å². The number of hydrogen-bond donors (Lipinski definition) is 1. The van der Waals surface area contributed by atoms with E-state index in [1.165, 1.54) is 45.4 Å². The van der Waals surface area contributed by atoms with E-state index in [9.17, 15) is 0 Å². The summed E-state index contributed by atoms with van der Waals surface area (Å²) >= 11 is 0. The van der Waals surface area contributed by atoms with E-state index < -0.39 is 0 Å². The molecule has 2 heterocycles. The Balaban J connectivity index is 1.88. The number of nitrogens with one attached hydrogen (secondary N) is 1. The molecule has 2 atom stereocenters. The lowest BCUT2D eigenvalue weighted by atomic mass is 9.89. The van der Waals surface area contributed by atoms with Crippen LogP contribution in [0.25, 0.3) is 0 Å². The van der Waals surface area contributed by atoms with Crippen LogP contribution in [0.5, 0.6) is 0 Å². The number of rotatable bonds is 2. The van der Waals surface area contributed by atoms with Gasteiger partial charge < -0.3 is 10.2 Å². The van der Waals surface area contributed by atoms with Gasteiger partial charge >= 0.3 is 0 Å². The molecule has 2 nitrogen and oxygen atoms in total. The lowest BCUT2D eigenvalue weighted by Crippen LogP contribution is -2.39. The summed E-state index contributed by atoms with van der Waals surface area (Å²) in [5, 5.41) is 3.47.